The van der Waals surface area contributed by atoms with Crippen LogP contribution in [0.4, 0.5) is 11.4 Å². The maximum Gasteiger partial charge on any atom is 0.224 e. The fourth-order valence-corrected chi connectivity index (χ4v) is 1.84. The van der Waals surface area contributed by atoms with Crippen LogP contribution in [0.3, 0.4) is 0 Å². The van der Waals surface area contributed by atoms with Crippen LogP contribution in [0.2, 0.25) is 5.02 Å². The van der Waals surface area contributed by atoms with Gasteiger partial charge in [0.1, 0.15) is 0 Å². The molecule has 0 saturated carbocycles. The number of aromatic amines is 1. The minimum Gasteiger partial charge on any atom is -0.380 e. The Labute approximate surface area is 117 Å². The summed E-state index contributed by atoms with van der Waals surface area (Å²) in [4.78, 5) is 14.3. The van der Waals surface area contributed by atoms with Crippen molar-refractivity contribution in [3.63, 3.8) is 0 Å². The lowest BCUT2D eigenvalue weighted by Gasteiger charge is -2.10. The van der Waals surface area contributed by atoms with Crippen LogP contribution in [0, 0.1) is 0 Å². The third-order valence-corrected chi connectivity index (χ3v) is 3.05. The summed E-state index contributed by atoms with van der Waals surface area (Å²) in [5.74, 6) is -0.0149. The molecular formula is C14H16ClN3O. The monoisotopic (exact) mass is 277 g/mol. The quantitative estimate of drug-likeness (QED) is 0.782. The number of hydrogen-bond donors (Lipinski definition) is 3. The highest BCUT2D eigenvalue weighted by Crippen LogP contribution is 2.26. The molecule has 0 fully saturated rings. The molecule has 3 N–H and O–H groups in total. The number of benzene rings is 1. The number of carbonyl (C=O) groups is 1. The SMILES string of the molecule is CCC(=O)Nc1ccc(Cl)c(NCc2cc[nH]c2)c1. The summed E-state index contributed by atoms with van der Waals surface area (Å²) < 4.78 is 0. The Morgan fingerprint density at radius 2 is 2.21 bits per heavy atom. The second-order valence-electron chi connectivity index (χ2n) is 4.17. The zero-order chi connectivity index (χ0) is 13.7. The van der Waals surface area contributed by atoms with Gasteiger partial charge in [-0.25, -0.2) is 0 Å². The minimum absolute atomic E-state index is 0.0149. The molecule has 2 aromatic rings. The molecule has 0 spiro atoms. The van der Waals surface area contributed by atoms with E-state index in [4.69, 9.17) is 11.6 Å². The van der Waals surface area contributed by atoms with E-state index in [2.05, 4.69) is 15.6 Å². The molecule has 1 aromatic carbocycles. The second kappa shape index (κ2) is 6.29. The smallest absolute Gasteiger partial charge is 0.224 e. The predicted molar refractivity (Wildman–Crippen MR) is 78.5 cm³/mol. The first-order valence-corrected chi connectivity index (χ1v) is 6.51. The molecule has 5 heteroatoms. The van der Waals surface area contributed by atoms with Crippen molar-refractivity contribution in [3.8, 4) is 0 Å². The summed E-state index contributed by atoms with van der Waals surface area (Å²) in [7, 11) is 0. The van der Waals surface area contributed by atoms with Gasteiger partial charge in [-0.1, -0.05) is 18.5 Å². The van der Waals surface area contributed by atoms with E-state index < -0.39 is 0 Å². The van der Waals surface area contributed by atoms with E-state index >= 15 is 0 Å². The largest absolute Gasteiger partial charge is 0.380 e. The molecular weight excluding hydrogens is 262 g/mol. The molecule has 1 amide bonds. The zero-order valence-electron chi connectivity index (χ0n) is 10.7. The van der Waals surface area contributed by atoms with Crippen molar-refractivity contribution in [2.24, 2.45) is 0 Å². The Hall–Kier alpha value is -1.94. The molecule has 0 aliphatic rings. The van der Waals surface area contributed by atoms with E-state index in [-0.39, 0.29) is 5.91 Å². The van der Waals surface area contributed by atoms with Gasteiger partial charge in [0.25, 0.3) is 0 Å². The molecule has 0 radical (unpaired) electrons. The maximum atomic E-state index is 11.4. The highest BCUT2D eigenvalue weighted by atomic mass is 35.5. The van der Waals surface area contributed by atoms with E-state index in [1.165, 1.54) is 0 Å². The minimum atomic E-state index is -0.0149. The van der Waals surface area contributed by atoms with Gasteiger partial charge in [-0.15, -0.1) is 0 Å². The molecule has 4 nitrogen and oxygen atoms in total. The Bertz CT molecular complexity index is 552. The van der Waals surface area contributed by atoms with Crippen LogP contribution in [0.15, 0.2) is 36.7 Å². The molecule has 0 aliphatic heterocycles. The molecule has 100 valence electrons. The van der Waals surface area contributed by atoms with Crippen LogP contribution in [0.5, 0.6) is 0 Å². The maximum absolute atomic E-state index is 11.4. The Kier molecular flexibility index (Phi) is 4.47. The molecule has 2 rings (SSSR count). The summed E-state index contributed by atoms with van der Waals surface area (Å²) in [5, 5.41) is 6.68. The number of rotatable bonds is 5. The van der Waals surface area contributed by atoms with E-state index in [0.29, 0.717) is 18.0 Å². The van der Waals surface area contributed by atoms with Crippen molar-refractivity contribution in [1.82, 2.24) is 4.98 Å². The summed E-state index contributed by atoms with van der Waals surface area (Å²) in [6.45, 7) is 2.49. The van der Waals surface area contributed by atoms with Gasteiger partial charge in [0, 0.05) is 31.0 Å². The third-order valence-electron chi connectivity index (χ3n) is 2.72. The lowest BCUT2D eigenvalue weighted by Crippen LogP contribution is -2.09. The molecule has 0 unspecified atom stereocenters. The molecule has 19 heavy (non-hydrogen) atoms. The molecule has 1 heterocycles. The molecule has 0 bridgehead atoms. The van der Waals surface area contributed by atoms with Crippen molar-refractivity contribution in [3.05, 3.63) is 47.2 Å². The highest BCUT2D eigenvalue weighted by molar-refractivity contribution is 6.33. The van der Waals surface area contributed by atoms with Crippen LogP contribution in [0.1, 0.15) is 18.9 Å². The summed E-state index contributed by atoms with van der Waals surface area (Å²) in [6.07, 6.45) is 4.24. The molecule has 0 saturated heterocycles. The second-order valence-corrected chi connectivity index (χ2v) is 4.58. The third kappa shape index (κ3) is 3.76. The van der Waals surface area contributed by atoms with Gasteiger partial charge in [-0.2, -0.15) is 0 Å². The number of carbonyl (C=O) groups excluding carboxylic acids is 1. The Balaban J connectivity index is 2.06. The Morgan fingerprint density at radius 3 is 2.89 bits per heavy atom. The van der Waals surface area contributed by atoms with Crippen LogP contribution < -0.4 is 10.6 Å². The molecule has 0 atom stereocenters. The van der Waals surface area contributed by atoms with Crippen LogP contribution in [-0.4, -0.2) is 10.9 Å². The van der Waals surface area contributed by atoms with Gasteiger partial charge in [-0.05, 0) is 29.8 Å². The lowest BCUT2D eigenvalue weighted by atomic mass is 10.2. The van der Waals surface area contributed by atoms with Crippen molar-refractivity contribution < 1.29 is 4.79 Å². The first-order valence-electron chi connectivity index (χ1n) is 6.14. The van der Waals surface area contributed by atoms with Gasteiger partial charge in [0.15, 0.2) is 0 Å². The van der Waals surface area contributed by atoms with Gasteiger partial charge in [-0.3, -0.25) is 4.79 Å². The number of amides is 1. The van der Waals surface area contributed by atoms with Crippen LogP contribution in [-0.2, 0) is 11.3 Å². The first-order chi connectivity index (χ1) is 9.19. The van der Waals surface area contributed by atoms with E-state index in [1.807, 2.05) is 31.5 Å². The van der Waals surface area contributed by atoms with Crippen LogP contribution >= 0.6 is 11.6 Å². The zero-order valence-corrected chi connectivity index (χ0v) is 11.4. The van der Waals surface area contributed by atoms with Crippen LogP contribution in [0.25, 0.3) is 0 Å². The summed E-state index contributed by atoms with van der Waals surface area (Å²) in [5.41, 5.74) is 2.68. The fraction of sp³-hybridized carbons (Fsp3) is 0.214. The average molecular weight is 278 g/mol. The number of aromatic nitrogens is 1. The number of anilines is 2. The number of H-pyrrole nitrogens is 1. The summed E-state index contributed by atoms with van der Waals surface area (Å²) >= 11 is 6.12. The highest BCUT2D eigenvalue weighted by Gasteiger charge is 2.04. The summed E-state index contributed by atoms with van der Waals surface area (Å²) in [6, 6.07) is 7.38. The fourth-order valence-electron chi connectivity index (χ4n) is 1.65. The van der Waals surface area contributed by atoms with E-state index in [1.54, 1.807) is 12.1 Å². The first kappa shape index (κ1) is 13.5. The van der Waals surface area contributed by atoms with Gasteiger partial charge in [0.2, 0.25) is 5.91 Å². The van der Waals surface area contributed by atoms with Gasteiger partial charge < -0.3 is 15.6 Å². The average Bonchev–Trinajstić information content (AvgIpc) is 2.92. The van der Waals surface area contributed by atoms with Gasteiger partial charge in [0.05, 0.1) is 10.7 Å². The van der Waals surface area contributed by atoms with Gasteiger partial charge >= 0.3 is 0 Å². The Morgan fingerprint density at radius 1 is 1.37 bits per heavy atom. The van der Waals surface area contributed by atoms with E-state index in [0.717, 1.165) is 16.9 Å². The van der Waals surface area contributed by atoms with Crippen molar-refractivity contribution in [2.75, 3.05) is 10.6 Å². The van der Waals surface area contributed by atoms with Crippen molar-refractivity contribution >= 4 is 28.9 Å². The predicted octanol–water partition coefficient (Wildman–Crippen LogP) is 3.63. The van der Waals surface area contributed by atoms with Crippen molar-refractivity contribution in [1.29, 1.82) is 0 Å². The lowest BCUT2D eigenvalue weighted by molar-refractivity contribution is -0.115. The number of hydrogen-bond acceptors (Lipinski definition) is 2. The standard InChI is InChI=1S/C14H16ClN3O/c1-2-14(19)18-11-3-4-12(15)13(7-11)17-9-10-5-6-16-8-10/h3-8,16-17H,2,9H2,1H3,(H,18,19). The number of nitrogens with one attached hydrogen (secondary N) is 3. The molecule has 1 aromatic heterocycles. The van der Waals surface area contributed by atoms with E-state index in [9.17, 15) is 4.79 Å². The van der Waals surface area contributed by atoms with Crippen molar-refractivity contribution in [2.45, 2.75) is 19.9 Å². The number of halogens is 1. The topological polar surface area (TPSA) is 56.9 Å². The normalized spacial score (nSPS) is 10.2. The molecule has 0 aliphatic carbocycles.